The number of pyridine rings is 1. The van der Waals surface area contributed by atoms with E-state index in [2.05, 4.69) is 25.3 Å². The minimum atomic E-state index is -0.245. The first-order valence-corrected chi connectivity index (χ1v) is 9.81. The first-order valence-electron chi connectivity index (χ1n) is 8.55. The highest BCUT2D eigenvalue weighted by molar-refractivity contribution is 7.13. The van der Waals surface area contributed by atoms with Crippen LogP contribution in [0.25, 0.3) is 21.3 Å². The van der Waals surface area contributed by atoms with Gasteiger partial charge in [-0.15, -0.1) is 11.3 Å². The van der Waals surface area contributed by atoms with Crippen LogP contribution in [0.2, 0.25) is 5.02 Å². The third kappa shape index (κ3) is 3.44. The largest absolute Gasteiger partial charge is 0.368 e. The summed E-state index contributed by atoms with van der Waals surface area (Å²) >= 11 is 7.67. The van der Waals surface area contributed by atoms with Crippen LogP contribution in [0.15, 0.2) is 40.6 Å². The molecule has 4 aromatic rings. The summed E-state index contributed by atoms with van der Waals surface area (Å²) in [6, 6.07) is 7.04. The molecule has 1 atom stereocenters. The number of nitrogen functional groups attached to an aromatic ring is 1. The Kier molecular flexibility index (Phi) is 4.74. The fourth-order valence-electron chi connectivity index (χ4n) is 2.95. The molecule has 28 heavy (non-hydrogen) atoms. The lowest BCUT2D eigenvalue weighted by atomic mass is 10.1. The average molecular weight is 413 g/mol. The highest BCUT2D eigenvalue weighted by Gasteiger charge is 2.16. The second-order valence-electron chi connectivity index (χ2n) is 6.41. The molecule has 7 nitrogen and oxygen atoms in total. The van der Waals surface area contributed by atoms with Crippen LogP contribution in [0, 0.1) is 6.92 Å². The van der Waals surface area contributed by atoms with E-state index in [1.807, 2.05) is 37.4 Å². The van der Waals surface area contributed by atoms with E-state index in [9.17, 15) is 4.79 Å². The molecule has 0 radical (unpaired) electrons. The zero-order valence-electron chi connectivity index (χ0n) is 15.2. The lowest BCUT2D eigenvalue weighted by Gasteiger charge is -2.17. The number of hydrogen-bond acceptors (Lipinski definition) is 7. The van der Waals surface area contributed by atoms with Gasteiger partial charge in [0.05, 0.1) is 22.0 Å². The molecule has 0 saturated carbocycles. The number of H-pyrrole nitrogens is 1. The Labute approximate surface area is 169 Å². The van der Waals surface area contributed by atoms with Crippen LogP contribution in [0.1, 0.15) is 24.4 Å². The third-order valence-corrected chi connectivity index (χ3v) is 5.63. The Morgan fingerprint density at radius 1 is 1.32 bits per heavy atom. The lowest BCUT2D eigenvalue weighted by Crippen LogP contribution is -2.17. The Hall–Kier alpha value is -2.97. The van der Waals surface area contributed by atoms with Gasteiger partial charge in [0.2, 0.25) is 5.95 Å². The second-order valence-corrected chi connectivity index (χ2v) is 7.67. The van der Waals surface area contributed by atoms with E-state index < -0.39 is 0 Å². The summed E-state index contributed by atoms with van der Waals surface area (Å²) in [6.07, 6.45) is 1.65. The van der Waals surface area contributed by atoms with Crippen LogP contribution in [0.3, 0.4) is 0 Å². The van der Waals surface area contributed by atoms with Gasteiger partial charge in [-0.1, -0.05) is 23.7 Å². The summed E-state index contributed by atoms with van der Waals surface area (Å²) in [5.41, 5.74) is 7.94. The van der Waals surface area contributed by atoms with Crippen LogP contribution in [0.4, 0.5) is 11.8 Å². The normalized spacial score (nSPS) is 12.2. The molecule has 0 aliphatic carbocycles. The van der Waals surface area contributed by atoms with Gasteiger partial charge in [0, 0.05) is 23.0 Å². The number of benzene rings is 1. The highest BCUT2D eigenvalue weighted by atomic mass is 35.5. The van der Waals surface area contributed by atoms with Gasteiger partial charge in [-0.3, -0.25) is 4.79 Å². The lowest BCUT2D eigenvalue weighted by molar-refractivity contribution is 0.829. The topological polar surface area (TPSA) is 110 Å². The Morgan fingerprint density at radius 2 is 2.14 bits per heavy atom. The Morgan fingerprint density at radius 3 is 2.89 bits per heavy atom. The van der Waals surface area contributed by atoms with Gasteiger partial charge in [-0.2, -0.15) is 4.98 Å². The number of hydrogen-bond donors (Lipinski definition) is 3. The molecule has 0 fully saturated rings. The van der Waals surface area contributed by atoms with Crippen LogP contribution in [-0.2, 0) is 0 Å². The van der Waals surface area contributed by atoms with Gasteiger partial charge in [0.1, 0.15) is 10.8 Å². The number of nitrogens with one attached hydrogen (secondary N) is 2. The number of nitrogens with two attached hydrogens (primary N) is 1. The molecule has 0 spiro atoms. The first-order chi connectivity index (χ1) is 13.4. The monoisotopic (exact) mass is 412 g/mol. The molecule has 0 amide bonds. The van der Waals surface area contributed by atoms with Gasteiger partial charge in [0.25, 0.3) is 5.56 Å². The number of thiazole rings is 1. The number of aromatic amines is 1. The summed E-state index contributed by atoms with van der Waals surface area (Å²) in [7, 11) is 0. The minimum absolute atomic E-state index is 0.158. The second kappa shape index (κ2) is 7.21. The van der Waals surface area contributed by atoms with E-state index in [1.54, 1.807) is 12.3 Å². The van der Waals surface area contributed by atoms with Gasteiger partial charge in [-0.25, -0.2) is 9.97 Å². The summed E-state index contributed by atoms with van der Waals surface area (Å²) in [4.78, 5) is 28.3. The van der Waals surface area contributed by atoms with Crippen LogP contribution < -0.4 is 16.6 Å². The van der Waals surface area contributed by atoms with Gasteiger partial charge in [-0.05, 0) is 31.4 Å². The number of fused-ring (bicyclic) bond motifs is 1. The number of anilines is 2. The van der Waals surface area contributed by atoms with Crippen molar-refractivity contribution >= 4 is 45.5 Å². The molecule has 0 aliphatic heterocycles. The summed E-state index contributed by atoms with van der Waals surface area (Å²) in [6.45, 7) is 3.86. The molecule has 4 N–H and O–H groups in total. The van der Waals surface area contributed by atoms with Gasteiger partial charge in [0.15, 0.2) is 0 Å². The van der Waals surface area contributed by atoms with Crippen molar-refractivity contribution in [1.29, 1.82) is 0 Å². The van der Waals surface area contributed by atoms with Gasteiger partial charge < -0.3 is 16.0 Å². The van der Waals surface area contributed by atoms with Crippen molar-refractivity contribution in [1.82, 2.24) is 19.9 Å². The molecule has 0 saturated heterocycles. The first kappa shape index (κ1) is 18.4. The number of halogens is 1. The molecule has 3 heterocycles. The van der Waals surface area contributed by atoms with Crippen LogP contribution in [0.5, 0.6) is 0 Å². The molecule has 0 aliphatic rings. The van der Waals surface area contributed by atoms with Crippen molar-refractivity contribution in [2.75, 3.05) is 11.1 Å². The molecule has 1 unspecified atom stereocenters. The van der Waals surface area contributed by atoms with E-state index in [4.69, 9.17) is 17.3 Å². The Bertz CT molecular complexity index is 1230. The molecular weight excluding hydrogens is 396 g/mol. The molecular formula is C19H17ClN6OS. The maximum absolute atomic E-state index is 12.5. The van der Waals surface area contributed by atoms with E-state index >= 15 is 0 Å². The summed E-state index contributed by atoms with van der Waals surface area (Å²) in [5.74, 6) is 0.715. The summed E-state index contributed by atoms with van der Waals surface area (Å²) in [5, 5.41) is 7.75. The highest BCUT2D eigenvalue weighted by Crippen LogP contribution is 2.31. The van der Waals surface area contributed by atoms with Gasteiger partial charge >= 0.3 is 0 Å². The molecule has 1 aromatic carbocycles. The predicted octanol–water partition coefficient (Wildman–Crippen LogP) is 4.16. The summed E-state index contributed by atoms with van der Waals surface area (Å²) < 4.78 is 0. The van der Waals surface area contributed by atoms with Crippen molar-refractivity contribution in [3.63, 3.8) is 0 Å². The Balaban J connectivity index is 1.73. The molecule has 142 valence electrons. The number of nitrogens with zero attached hydrogens (tertiary/aromatic N) is 3. The third-order valence-electron chi connectivity index (χ3n) is 4.32. The zero-order valence-corrected chi connectivity index (χ0v) is 16.7. The minimum Gasteiger partial charge on any atom is -0.368 e. The van der Waals surface area contributed by atoms with Crippen molar-refractivity contribution in [2.45, 2.75) is 19.9 Å². The number of aryl methyl sites for hydroxylation is 1. The van der Waals surface area contributed by atoms with Crippen molar-refractivity contribution < 1.29 is 0 Å². The van der Waals surface area contributed by atoms with E-state index in [1.165, 1.54) is 11.3 Å². The van der Waals surface area contributed by atoms with E-state index in [0.717, 1.165) is 21.7 Å². The van der Waals surface area contributed by atoms with E-state index in [0.29, 0.717) is 21.9 Å². The van der Waals surface area contributed by atoms with Crippen molar-refractivity contribution in [2.24, 2.45) is 0 Å². The molecule has 0 bridgehead atoms. The zero-order chi connectivity index (χ0) is 19.8. The maximum atomic E-state index is 12.5. The average Bonchev–Trinajstić information content (AvgIpc) is 3.07. The molecule has 3 aromatic heterocycles. The number of rotatable bonds is 4. The van der Waals surface area contributed by atoms with Crippen LogP contribution in [-0.4, -0.2) is 19.9 Å². The van der Waals surface area contributed by atoms with E-state index in [-0.39, 0.29) is 17.5 Å². The SMILES string of the molecule is Cc1csc(-c2cnc(N)nc2NC(C)c2cc3cccc(Cl)c3c(=O)[nH]2)n1. The molecule has 9 heteroatoms. The smallest absolute Gasteiger partial charge is 0.257 e. The standard InChI is InChI=1S/C19H17ClN6OS/c1-9-8-28-18(23-9)12-7-22-19(21)26-16(12)24-10(2)14-6-11-4-3-5-13(20)15(11)17(27)25-14/h3-8,10H,1-2H3,(H,25,27)(H3,21,22,24,26). The number of aromatic nitrogens is 4. The fraction of sp³-hybridized carbons (Fsp3) is 0.158. The quantitative estimate of drug-likeness (QED) is 0.464. The molecule has 4 rings (SSSR count). The van der Waals surface area contributed by atoms with Crippen molar-refractivity contribution in [3.8, 4) is 10.6 Å². The maximum Gasteiger partial charge on any atom is 0.257 e. The van der Waals surface area contributed by atoms with Crippen molar-refractivity contribution in [3.05, 3.63) is 62.6 Å². The van der Waals surface area contributed by atoms with Crippen LogP contribution >= 0.6 is 22.9 Å². The predicted molar refractivity (Wildman–Crippen MR) is 114 cm³/mol. The fourth-order valence-corrected chi connectivity index (χ4v) is 4.03.